The lowest BCUT2D eigenvalue weighted by Gasteiger charge is -1.85. The fourth-order valence-corrected chi connectivity index (χ4v) is 1.05. The van der Waals surface area contributed by atoms with Crippen molar-refractivity contribution < 1.29 is 0 Å². The average Bonchev–Trinajstić information content (AvgIpc) is 2.31. The Kier molecular flexibility index (Phi) is 21.2. The van der Waals surface area contributed by atoms with E-state index in [2.05, 4.69) is 44.4 Å². The first-order valence-electron chi connectivity index (χ1n) is 6.31. The third kappa shape index (κ3) is 23.1. The second kappa shape index (κ2) is 19.5. The fraction of sp³-hybridized carbons (Fsp3) is 0.500. The van der Waals surface area contributed by atoms with E-state index in [1.54, 1.807) is 0 Å². The normalized spacial score (nSPS) is 10.1. The highest BCUT2D eigenvalue weighted by Gasteiger charge is 1.75. The van der Waals surface area contributed by atoms with Crippen LogP contribution < -0.4 is 0 Å². The molecule has 0 amide bonds. The molecule has 0 aromatic rings. The molecule has 0 atom stereocenters. The molecule has 0 aromatic carbocycles. The number of hydrogen-bond acceptors (Lipinski definition) is 0. The van der Waals surface area contributed by atoms with Gasteiger partial charge in [0.05, 0.1) is 0 Å². The van der Waals surface area contributed by atoms with Gasteiger partial charge in [0.2, 0.25) is 0 Å². The Balaban J connectivity index is 0. The molecular formula is C16H28. The lowest BCUT2D eigenvalue weighted by atomic mass is 10.2. The number of hydrogen-bond donors (Lipinski definition) is 0. The quantitative estimate of drug-likeness (QED) is 0.356. The summed E-state index contributed by atoms with van der Waals surface area (Å²) >= 11 is 0. The molecule has 0 heterocycles. The smallest absolute Gasteiger partial charge is 0.0316 e. The lowest BCUT2D eigenvalue weighted by molar-refractivity contribution is 0.869. The zero-order valence-electron chi connectivity index (χ0n) is 11.1. The highest BCUT2D eigenvalue weighted by Crippen LogP contribution is 1.95. The summed E-state index contributed by atoms with van der Waals surface area (Å²) in [7, 11) is 0. The summed E-state index contributed by atoms with van der Waals surface area (Å²) in [5.41, 5.74) is 0. The molecule has 0 rings (SSSR count). The molecule has 0 aliphatic heterocycles. The van der Waals surface area contributed by atoms with Crippen molar-refractivity contribution >= 4 is 0 Å². The van der Waals surface area contributed by atoms with Gasteiger partial charge in [0.15, 0.2) is 0 Å². The highest BCUT2D eigenvalue weighted by molar-refractivity contribution is 4.82. The van der Waals surface area contributed by atoms with Gasteiger partial charge in [0.25, 0.3) is 0 Å². The summed E-state index contributed by atoms with van der Waals surface area (Å²) in [6, 6.07) is 0. The van der Waals surface area contributed by atoms with E-state index in [0.29, 0.717) is 0 Å². The van der Waals surface area contributed by atoms with Gasteiger partial charge in [-0.15, -0.1) is 13.2 Å². The fourth-order valence-electron chi connectivity index (χ4n) is 1.05. The molecule has 0 aromatic heterocycles. The second-order valence-corrected chi connectivity index (χ2v) is 3.53. The molecular weight excluding hydrogens is 192 g/mol. The van der Waals surface area contributed by atoms with E-state index >= 15 is 0 Å². The van der Waals surface area contributed by atoms with Crippen molar-refractivity contribution in [1.29, 1.82) is 0 Å². The molecule has 0 fully saturated rings. The van der Waals surface area contributed by atoms with Crippen molar-refractivity contribution in [3.05, 3.63) is 49.6 Å². The lowest BCUT2D eigenvalue weighted by Crippen LogP contribution is -1.65. The van der Waals surface area contributed by atoms with Crippen LogP contribution in [-0.4, -0.2) is 0 Å². The minimum Gasteiger partial charge on any atom is -0.103 e. The minimum absolute atomic E-state index is 1.11. The van der Waals surface area contributed by atoms with Gasteiger partial charge in [0, 0.05) is 0 Å². The van der Waals surface area contributed by atoms with E-state index in [-0.39, 0.29) is 0 Å². The molecule has 0 saturated carbocycles. The van der Waals surface area contributed by atoms with Crippen LogP contribution in [0.4, 0.5) is 0 Å². The Morgan fingerprint density at radius 2 is 1.50 bits per heavy atom. The standard InChI is InChI=1S/2C8H14/c2*1-3-5-7-8-6-4-2/h3,6,8H,1,4-5,7H2,2H3;3-4,6H,1,5,7-8H2,2H3. The van der Waals surface area contributed by atoms with Crippen molar-refractivity contribution in [2.45, 2.75) is 52.4 Å². The number of allylic oxidation sites excluding steroid dienone is 6. The van der Waals surface area contributed by atoms with Crippen LogP contribution in [0.5, 0.6) is 0 Å². The van der Waals surface area contributed by atoms with E-state index in [4.69, 9.17) is 0 Å². The predicted molar refractivity (Wildman–Crippen MR) is 77.7 cm³/mol. The first-order chi connectivity index (χ1) is 7.83. The molecule has 0 saturated heterocycles. The predicted octanol–water partition coefficient (Wildman–Crippen LogP) is 5.84. The van der Waals surface area contributed by atoms with E-state index < -0.39 is 0 Å². The molecule has 0 aliphatic rings. The molecule has 0 nitrogen and oxygen atoms in total. The first-order valence-corrected chi connectivity index (χ1v) is 6.31. The first kappa shape index (κ1) is 17.4. The van der Waals surface area contributed by atoms with Crippen LogP contribution in [0, 0.1) is 0 Å². The van der Waals surface area contributed by atoms with Crippen LogP contribution in [-0.2, 0) is 0 Å². The van der Waals surface area contributed by atoms with Crippen LogP contribution in [0.15, 0.2) is 49.6 Å². The Morgan fingerprint density at radius 3 is 2.00 bits per heavy atom. The van der Waals surface area contributed by atoms with Crippen LogP contribution >= 0.6 is 0 Å². The molecule has 0 unspecified atom stereocenters. The summed E-state index contributed by atoms with van der Waals surface area (Å²) in [6.45, 7) is 11.5. The molecule has 0 radical (unpaired) electrons. The Hall–Kier alpha value is -1.04. The maximum Gasteiger partial charge on any atom is -0.0316 e. The van der Waals surface area contributed by atoms with Gasteiger partial charge < -0.3 is 0 Å². The summed E-state index contributed by atoms with van der Waals surface area (Å²) in [5.74, 6) is 0. The van der Waals surface area contributed by atoms with E-state index in [1.807, 2.05) is 19.1 Å². The van der Waals surface area contributed by atoms with Crippen molar-refractivity contribution in [2.75, 3.05) is 0 Å². The van der Waals surface area contributed by atoms with Crippen molar-refractivity contribution in [3.8, 4) is 0 Å². The summed E-state index contributed by atoms with van der Waals surface area (Å²) < 4.78 is 0. The maximum absolute atomic E-state index is 3.63. The minimum atomic E-state index is 1.11. The van der Waals surface area contributed by atoms with Crippen LogP contribution in [0.1, 0.15) is 52.4 Å². The van der Waals surface area contributed by atoms with E-state index in [0.717, 1.165) is 25.7 Å². The topological polar surface area (TPSA) is 0 Å². The maximum atomic E-state index is 3.63. The molecule has 0 spiro atoms. The van der Waals surface area contributed by atoms with Gasteiger partial charge in [0.1, 0.15) is 0 Å². The van der Waals surface area contributed by atoms with Gasteiger partial charge in [-0.2, -0.15) is 0 Å². The third-order valence-corrected chi connectivity index (χ3v) is 1.95. The molecule has 0 N–H and O–H groups in total. The largest absolute Gasteiger partial charge is 0.103 e. The van der Waals surface area contributed by atoms with Crippen LogP contribution in [0.25, 0.3) is 0 Å². The monoisotopic (exact) mass is 220 g/mol. The SMILES string of the molecule is C=CCCC=CCC.C=CCCCC=CC. The zero-order valence-corrected chi connectivity index (χ0v) is 11.1. The van der Waals surface area contributed by atoms with Crippen LogP contribution in [0.2, 0.25) is 0 Å². The van der Waals surface area contributed by atoms with Gasteiger partial charge in [-0.05, 0) is 45.4 Å². The van der Waals surface area contributed by atoms with Crippen molar-refractivity contribution in [2.24, 2.45) is 0 Å². The number of rotatable bonds is 8. The van der Waals surface area contributed by atoms with Crippen molar-refractivity contribution in [3.63, 3.8) is 0 Å². The molecule has 0 aliphatic carbocycles. The summed E-state index contributed by atoms with van der Waals surface area (Å²) in [4.78, 5) is 0. The molecule has 0 bridgehead atoms. The molecule has 0 heteroatoms. The van der Waals surface area contributed by atoms with Gasteiger partial charge in [-0.1, -0.05) is 43.4 Å². The Morgan fingerprint density at radius 1 is 0.812 bits per heavy atom. The van der Waals surface area contributed by atoms with Gasteiger partial charge >= 0.3 is 0 Å². The summed E-state index contributed by atoms with van der Waals surface area (Å²) in [6.07, 6.45) is 19.5. The average molecular weight is 220 g/mol. The zero-order chi connectivity index (χ0) is 12.5. The van der Waals surface area contributed by atoms with E-state index in [9.17, 15) is 0 Å². The summed E-state index contributed by atoms with van der Waals surface area (Å²) in [5, 5.41) is 0. The van der Waals surface area contributed by atoms with Crippen molar-refractivity contribution in [1.82, 2.24) is 0 Å². The second-order valence-electron chi connectivity index (χ2n) is 3.53. The van der Waals surface area contributed by atoms with Gasteiger partial charge in [-0.3, -0.25) is 0 Å². The Bertz CT molecular complexity index is 184. The third-order valence-electron chi connectivity index (χ3n) is 1.95. The molecule has 92 valence electrons. The number of unbranched alkanes of at least 4 members (excludes halogenated alkanes) is 3. The van der Waals surface area contributed by atoms with E-state index in [1.165, 1.54) is 12.8 Å². The molecule has 16 heavy (non-hydrogen) atoms. The van der Waals surface area contributed by atoms with Crippen LogP contribution in [0.3, 0.4) is 0 Å². The highest BCUT2D eigenvalue weighted by atomic mass is 13.8. The Labute approximate surface area is 102 Å². The van der Waals surface area contributed by atoms with Gasteiger partial charge in [-0.25, -0.2) is 0 Å².